The number of carboxylic acid groups (broad SMARTS) is 1. The molecule has 0 amide bonds. The van der Waals surface area contributed by atoms with Gasteiger partial charge in [-0.1, -0.05) is 6.07 Å². The number of methoxy groups -OCH3 is 1. The van der Waals surface area contributed by atoms with Gasteiger partial charge in [0.1, 0.15) is 23.4 Å². The molecule has 0 unspecified atom stereocenters. The summed E-state index contributed by atoms with van der Waals surface area (Å²) >= 11 is 0. The molecule has 0 aliphatic carbocycles. The standard InChI is InChI=1S/C15H11FN2O3/c1-21-9-5-6-11(16)13(7-9)18-8-17-14-10(15(19)20)3-2-4-12(14)18/h2-8H,1H3,(H,19,20). The Balaban J connectivity index is 2.27. The number of hydrogen-bond acceptors (Lipinski definition) is 3. The van der Waals surface area contributed by atoms with Crippen molar-refractivity contribution in [3.05, 3.63) is 54.1 Å². The highest BCUT2D eigenvalue weighted by molar-refractivity contribution is 6.01. The number of imidazole rings is 1. The Kier molecular flexibility index (Phi) is 3.06. The summed E-state index contributed by atoms with van der Waals surface area (Å²) in [5, 5.41) is 9.16. The van der Waals surface area contributed by atoms with Crippen LogP contribution in [0.3, 0.4) is 0 Å². The van der Waals surface area contributed by atoms with Crippen molar-refractivity contribution in [1.82, 2.24) is 9.55 Å². The van der Waals surface area contributed by atoms with E-state index in [2.05, 4.69) is 4.98 Å². The van der Waals surface area contributed by atoms with Gasteiger partial charge in [0.2, 0.25) is 0 Å². The minimum absolute atomic E-state index is 0.0783. The molecule has 0 saturated heterocycles. The largest absolute Gasteiger partial charge is 0.497 e. The summed E-state index contributed by atoms with van der Waals surface area (Å²) in [6.07, 6.45) is 1.40. The molecular formula is C15H11FN2O3. The number of rotatable bonds is 3. The minimum atomic E-state index is -1.07. The molecule has 0 spiro atoms. The van der Waals surface area contributed by atoms with E-state index in [1.54, 1.807) is 12.1 Å². The SMILES string of the molecule is COc1ccc(F)c(-n2cnc3c(C(=O)O)cccc32)c1. The van der Waals surface area contributed by atoms with E-state index in [0.717, 1.165) is 0 Å². The molecule has 1 aromatic heterocycles. The zero-order chi connectivity index (χ0) is 15.0. The van der Waals surface area contributed by atoms with Gasteiger partial charge in [-0.05, 0) is 24.3 Å². The number of benzene rings is 2. The van der Waals surface area contributed by atoms with Crippen LogP contribution in [0, 0.1) is 5.82 Å². The molecule has 0 radical (unpaired) electrons. The molecule has 106 valence electrons. The average molecular weight is 286 g/mol. The van der Waals surface area contributed by atoms with Crippen LogP contribution in [0.2, 0.25) is 0 Å². The lowest BCUT2D eigenvalue weighted by Crippen LogP contribution is -1.99. The van der Waals surface area contributed by atoms with Crippen LogP contribution in [0.15, 0.2) is 42.7 Å². The highest BCUT2D eigenvalue weighted by Gasteiger charge is 2.15. The molecule has 6 heteroatoms. The lowest BCUT2D eigenvalue weighted by molar-refractivity contribution is 0.0699. The van der Waals surface area contributed by atoms with Crippen LogP contribution >= 0.6 is 0 Å². The summed E-state index contributed by atoms with van der Waals surface area (Å²) in [7, 11) is 1.49. The van der Waals surface area contributed by atoms with Crippen LogP contribution < -0.4 is 4.74 Å². The third kappa shape index (κ3) is 2.10. The average Bonchev–Trinajstić information content (AvgIpc) is 2.91. The third-order valence-electron chi connectivity index (χ3n) is 3.22. The molecule has 0 bridgehead atoms. The summed E-state index contributed by atoms with van der Waals surface area (Å²) in [6.45, 7) is 0. The number of fused-ring (bicyclic) bond motifs is 1. The maximum atomic E-state index is 14.0. The third-order valence-corrected chi connectivity index (χ3v) is 3.22. The number of hydrogen-bond donors (Lipinski definition) is 1. The molecular weight excluding hydrogens is 275 g/mol. The molecule has 2 aromatic carbocycles. The zero-order valence-corrected chi connectivity index (χ0v) is 11.1. The number of nitrogens with zero attached hydrogens (tertiary/aromatic N) is 2. The van der Waals surface area contributed by atoms with Crippen molar-refractivity contribution in [3.8, 4) is 11.4 Å². The van der Waals surface area contributed by atoms with Crippen molar-refractivity contribution in [2.75, 3.05) is 7.11 Å². The fourth-order valence-corrected chi connectivity index (χ4v) is 2.21. The van der Waals surface area contributed by atoms with Crippen LogP contribution in [-0.2, 0) is 0 Å². The van der Waals surface area contributed by atoms with Gasteiger partial charge in [0.15, 0.2) is 0 Å². The van der Waals surface area contributed by atoms with E-state index in [4.69, 9.17) is 9.84 Å². The Morgan fingerprint density at radius 1 is 1.33 bits per heavy atom. The first-order valence-electron chi connectivity index (χ1n) is 6.15. The Morgan fingerprint density at radius 2 is 2.14 bits per heavy atom. The monoisotopic (exact) mass is 286 g/mol. The van der Waals surface area contributed by atoms with Crippen molar-refractivity contribution in [1.29, 1.82) is 0 Å². The second-order valence-electron chi connectivity index (χ2n) is 4.41. The molecule has 5 nitrogen and oxygen atoms in total. The predicted molar refractivity (Wildman–Crippen MR) is 74.5 cm³/mol. The lowest BCUT2D eigenvalue weighted by atomic mass is 10.2. The second kappa shape index (κ2) is 4.90. The van der Waals surface area contributed by atoms with Crippen LogP contribution in [-0.4, -0.2) is 27.7 Å². The van der Waals surface area contributed by atoms with Gasteiger partial charge < -0.3 is 9.84 Å². The van der Waals surface area contributed by atoms with E-state index in [9.17, 15) is 9.18 Å². The van der Waals surface area contributed by atoms with Gasteiger partial charge in [-0.3, -0.25) is 4.57 Å². The fraction of sp³-hybridized carbons (Fsp3) is 0.0667. The van der Waals surface area contributed by atoms with Crippen LogP contribution in [0.4, 0.5) is 4.39 Å². The maximum Gasteiger partial charge on any atom is 0.337 e. The second-order valence-corrected chi connectivity index (χ2v) is 4.41. The van der Waals surface area contributed by atoms with Crippen LogP contribution in [0.5, 0.6) is 5.75 Å². The Morgan fingerprint density at radius 3 is 2.86 bits per heavy atom. The van der Waals surface area contributed by atoms with E-state index in [0.29, 0.717) is 16.8 Å². The highest BCUT2D eigenvalue weighted by Crippen LogP contribution is 2.25. The quantitative estimate of drug-likeness (QED) is 0.804. The van der Waals surface area contributed by atoms with E-state index in [1.807, 2.05) is 0 Å². The summed E-state index contributed by atoms with van der Waals surface area (Å²) < 4.78 is 20.6. The Labute approximate surface area is 119 Å². The summed E-state index contributed by atoms with van der Waals surface area (Å²) in [6, 6.07) is 9.09. The number of carboxylic acids is 1. The van der Waals surface area contributed by atoms with Gasteiger partial charge in [-0.2, -0.15) is 0 Å². The molecule has 0 aliphatic heterocycles. The summed E-state index contributed by atoms with van der Waals surface area (Å²) in [4.78, 5) is 15.3. The van der Waals surface area contributed by atoms with E-state index in [1.165, 1.54) is 42.3 Å². The van der Waals surface area contributed by atoms with Crippen LogP contribution in [0.25, 0.3) is 16.7 Å². The van der Waals surface area contributed by atoms with Gasteiger partial charge in [0.25, 0.3) is 0 Å². The van der Waals surface area contributed by atoms with Gasteiger partial charge in [-0.15, -0.1) is 0 Å². The maximum absolute atomic E-state index is 14.0. The Bertz CT molecular complexity index is 842. The van der Waals surface area contributed by atoms with E-state index < -0.39 is 11.8 Å². The highest BCUT2D eigenvalue weighted by atomic mass is 19.1. The molecule has 21 heavy (non-hydrogen) atoms. The number of ether oxygens (including phenoxy) is 1. The van der Waals surface area contributed by atoms with Gasteiger partial charge in [-0.25, -0.2) is 14.2 Å². The van der Waals surface area contributed by atoms with Crippen molar-refractivity contribution in [2.45, 2.75) is 0 Å². The Hall–Kier alpha value is -2.89. The van der Waals surface area contributed by atoms with E-state index >= 15 is 0 Å². The number of aromatic nitrogens is 2. The molecule has 1 heterocycles. The summed E-state index contributed by atoms with van der Waals surface area (Å²) in [5.74, 6) is -1.02. The summed E-state index contributed by atoms with van der Waals surface area (Å²) in [5.41, 5.74) is 1.16. The lowest BCUT2D eigenvalue weighted by Gasteiger charge is -2.08. The first kappa shape index (κ1) is 13.1. The molecule has 0 fully saturated rings. The van der Waals surface area contributed by atoms with Crippen molar-refractivity contribution in [2.24, 2.45) is 0 Å². The number of carbonyl (C=O) groups is 1. The van der Waals surface area contributed by atoms with Crippen LogP contribution in [0.1, 0.15) is 10.4 Å². The molecule has 3 rings (SSSR count). The molecule has 1 N–H and O–H groups in total. The predicted octanol–water partition coefficient (Wildman–Crippen LogP) is 2.87. The topological polar surface area (TPSA) is 64.4 Å². The minimum Gasteiger partial charge on any atom is -0.497 e. The number of para-hydroxylation sites is 1. The van der Waals surface area contributed by atoms with Gasteiger partial charge >= 0.3 is 5.97 Å². The normalized spacial score (nSPS) is 10.8. The van der Waals surface area contributed by atoms with E-state index in [-0.39, 0.29) is 11.3 Å². The van der Waals surface area contributed by atoms with Crippen molar-refractivity contribution in [3.63, 3.8) is 0 Å². The molecule has 0 saturated carbocycles. The number of aromatic carboxylic acids is 1. The zero-order valence-electron chi connectivity index (χ0n) is 11.1. The van der Waals surface area contributed by atoms with Crippen molar-refractivity contribution < 1.29 is 19.0 Å². The molecule has 0 aliphatic rings. The number of halogens is 1. The van der Waals surface area contributed by atoms with Gasteiger partial charge in [0.05, 0.1) is 23.9 Å². The smallest absolute Gasteiger partial charge is 0.337 e. The fourth-order valence-electron chi connectivity index (χ4n) is 2.21. The molecule has 3 aromatic rings. The first-order chi connectivity index (χ1) is 10.1. The van der Waals surface area contributed by atoms with Gasteiger partial charge in [0, 0.05) is 6.07 Å². The molecule has 0 atom stereocenters. The first-order valence-corrected chi connectivity index (χ1v) is 6.15. The van der Waals surface area contributed by atoms with Crippen molar-refractivity contribution >= 4 is 17.0 Å².